The number of hydrazine groups is 1. The maximum Gasteiger partial charge on any atom is 0.416 e. The number of nitrogens with one attached hydrogen (secondary N) is 1. The minimum absolute atomic E-state index is 0.0600. The van der Waals surface area contributed by atoms with Gasteiger partial charge in [0.1, 0.15) is 6.07 Å². The van der Waals surface area contributed by atoms with Crippen LogP contribution in [0, 0.1) is 11.3 Å². The van der Waals surface area contributed by atoms with E-state index in [9.17, 15) is 34.8 Å². The van der Waals surface area contributed by atoms with Gasteiger partial charge in [-0.3, -0.25) is 0 Å². The number of nitrogens with zero attached hydrogens (tertiary/aromatic N) is 2. The molecule has 0 spiro atoms. The summed E-state index contributed by atoms with van der Waals surface area (Å²) in [6.45, 7) is 1.30. The minimum Gasteiger partial charge on any atom is -0.379 e. The highest BCUT2D eigenvalue weighted by atomic mass is 32.2. The molecule has 154 valence electrons. The van der Waals surface area contributed by atoms with Crippen molar-refractivity contribution in [2.24, 2.45) is 0 Å². The molecule has 1 N–H and O–H groups in total. The molecule has 0 atom stereocenters. The smallest absolute Gasteiger partial charge is 0.379 e. The fraction of sp³-hybridized carbons (Fsp3) is 0.400. The standard InChI is InChI=1S/C15H13F6N3O3S/c16-14(17,18)10-5-11(15(19,20)21)7-12(6-10)28(25,26)13(8-22)9-23-24-1-3-27-4-2-24/h5-7,9,23H,1-4H2. The van der Waals surface area contributed by atoms with Crippen LogP contribution in [0.2, 0.25) is 0 Å². The van der Waals surface area contributed by atoms with Gasteiger partial charge in [-0.05, 0) is 18.2 Å². The second-order valence-corrected chi connectivity index (χ2v) is 7.51. The van der Waals surface area contributed by atoms with Gasteiger partial charge < -0.3 is 10.2 Å². The topological polar surface area (TPSA) is 82.4 Å². The van der Waals surface area contributed by atoms with E-state index in [0.29, 0.717) is 32.5 Å². The molecule has 1 aromatic carbocycles. The van der Waals surface area contributed by atoms with E-state index in [2.05, 4.69) is 5.43 Å². The molecular weight excluding hydrogens is 416 g/mol. The lowest BCUT2D eigenvalue weighted by Gasteiger charge is -2.26. The van der Waals surface area contributed by atoms with Gasteiger partial charge in [0.15, 0.2) is 4.91 Å². The number of hydrogen-bond acceptors (Lipinski definition) is 6. The molecule has 0 saturated carbocycles. The number of morpholine rings is 1. The average molecular weight is 429 g/mol. The van der Waals surface area contributed by atoms with Gasteiger partial charge in [-0.1, -0.05) is 0 Å². The summed E-state index contributed by atoms with van der Waals surface area (Å²) in [6.07, 6.45) is -9.71. The molecule has 1 aliphatic heterocycles. The second kappa shape index (κ2) is 7.98. The van der Waals surface area contributed by atoms with Gasteiger partial charge in [0.05, 0.1) is 29.2 Å². The molecular formula is C15H13F6N3O3S. The van der Waals surface area contributed by atoms with Crippen LogP contribution in [0.4, 0.5) is 26.3 Å². The summed E-state index contributed by atoms with van der Waals surface area (Å²) in [7, 11) is -4.94. The number of benzene rings is 1. The SMILES string of the molecule is N#CC(=CNN1CCOCC1)S(=O)(=O)c1cc(C(F)(F)F)cc(C(F)(F)F)c1. The molecule has 0 bridgehead atoms. The molecule has 28 heavy (non-hydrogen) atoms. The first-order chi connectivity index (χ1) is 12.9. The number of ether oxygens (including phenoxy) is 1. The minimum atomic E-state index is -5.21. The summed E-state index contributed by atoms with van der Waals surface area (Å²) in [5, 5.41) is 10.6. The molecule has 0 aromatic heterocycles. The Morgan fingerprint density at radius 2 is 1.57 bits per heavy atom. The van der Waals surface area contributed by atoms with E-state index >= 15 is 0 Å². The van der Waals surface area contributed by atoms with Crippen LogP contribution in [0.3, 0.4) is 0 Å². The molecule has 1 saturated heterocycles. The maximum absolute atomic E-state index is 12.9. The lowest BCUT2D eigenvalue weighted by molar-refractivity contribution is -0.143. The Morgan fingerprint density at radius 1 is 1.07 bits per heavy atom. The molecule has 1 aromatic rings. The van der Waals surface area contributed by atoms with Gasteiger partial charge >= 0.3 is 12.4 Å². The van der Waals surface area contributed by atoms with E-state index in [1.807, 2.05) is 0 Å². The Bertz CT molecular complexity index is 865. The zero-order valence-electron chi connectivity index (χ0n) is 13.9. The van der Waals surface area contributed by atoms with E-state index in [4.69, 9.17) is 10.00 Å². The molecule has 0 unspecified atom stereocenters. The quantitative estimate of drug-likeness (QED) is 0.586. The van der Waals surface area contributed by atoms with E-state index in [-0.39, 0.29) is 18.2 Å². The van der Waals surface area contributed by atoms with Gasteiger partial charge in [0.2, 0.25) is 9.84 Å². The number of rotatable bonds is 4. The first kappa shape index (κ1) is 22.0. The van der Waals surface area contributed by atoms with Gasteiger partial charge in [-0.2, -0.15) is 31.6 Å². The lowest BCUT2D eigenvalue weighted by atomic mass is 10.1. The van der Waals surface area contributed by atoms with Crippen LogP contribution >= 0.6 is 0 Å². The van der Waals surface area contributed by atoms with Crippen molar-refractivity contribution in [2.75, 3.05) is 26.3 Å². The van der Waals surface area contributed by atoms with E-state index in [0.717, 1.165) is 0 Å². The fourth-order valence-electron chi connectivity index (χ4n) is 2.22. The summed E-state index contributed by atoms with van der Waals surface area (Å²) < 4.78 is 108. The third-order valence-corrected chi connectivity index (χ3v) is 5.30. The number of hydrogen-bond donors (Lipinski definition) is 1. The van der Waals surface area contributed by atoms with Crippen LogP contribution in [0.15, 0.2) is 34.2 Å². The van der Waals surface area contributed by atoms with Crippen molar-refractivity contribution < 1.29 is 39.5 Å². The molecule has 0 aliphatic carbocycles. The summed E-state index contributed by atoms with van der Waals surface area (Å²) in [6, 6.07) is 1.21. The van der Waals surface area contributed by atoms with E-state index < -0.39 is 43.1 Å². The highest BCUT2D eigenvalue weighted by Gasteiger charge is 2.38. The molecule has 6 nitrogen and oxygen atoms in total. The average Bonchev–Trinajstić information content (AvgIpc) is 2.61. The third-order valence-electron chi connectivity index (χ3n) is 3.66. The van der Waals surface area contributed by atoms with Crippen LogP contribution in [-0.2, 0) is 26.9 Å². The van der Waals surface area contributed by atoms with Crippen molar-refractivity contribution in [2.45, 2.75) is 17.2 Å². The normalized spacial score (nSPS) is 17.2. The van der Waals surface area contributed by atoms with Crippen molar-refractivity contribution in [3.8, 4) is 6.07 Å². The number of halogens is 6. The zero-order chi connectivity index (χ0) is 21.2. The Hall–Kier alpha value is -2.30. The molecule has 0 radical (unpaired) electrons. The van der Waals surface area contributed by atoms with Gasteiger partial charge in [-0.25, -0.2) is 13.4 Å². The second-order valence-electron chi connectivity index (χ2n) is 5.59. The van der Waals surface area contributed by atoms with Crippen molar-refractivity contribution in [3.05, 3.63) is 40.4 Å². The molecule has 0 amide bonds. The Labute approximate surface area is 155 Å². The van der Waals surface area contributed by atoms with Crippen LogP contribution < -0.4 is 5.43 Å². The number of sulfone groups is 1. The third kappa shape index (κ3) is 5.15. The number of nitriles is 1. The summed E-state index contributed by atoms with van der Waals surface area (Å²) in [5.41, 5.74) is -1.10. The molecule has 1 fully saturated rings. The van der Waals surface area contributed by atoms with E-state index in [1.54, 1.807) is 0 Å². The number of alkyl halides is 6. The van der Waals surface area contributed by atoms with Gasteiger partial charge in [0.25, 0.3) is 0 Å². The van der Waals surface area contributed by atoms with Crippen LogP contribution in [-0.4, -0.2) is 39.7 Å². The Kier molecular flexibility index (Phi) is 6.27. The Balaban J connectivity index is 2.48. The molecule has 13 heteroatoms. The van der Waals surface area contributed by atoms with Crippen molar-refractivity contribution in [1.29, 1.82) is 5.26 Å². The lowest BCUT2D eigenvalue weighted by Crippen LogP contribution is -2.43. The predicted molar refractivity (Wildman–Crippen MR) is 82.9 cm³/mol. The van der Waals surface area contributed by atoms with Crippen molar-refractivity contribution >= 4 is 9.84 Å². The molecule has 2 rings (SSSR count). The maximum atomic E-state index is 12.9. The first-order valence-corrected chi connectivity index (χ1v) is 9.08. The highest BCUT2D eigenvalue weighted by Crippen LogP contribution is 2.38. The first-order valence-electron chi connectivity index (χ1n) is 7.59. The molecule has 1 heterocycles. The summed E-state index contributed by atoms with van der Waals surface area (Å²) in [5.74, 6) is 0. The fourth-order valence-corrected chi connectivity index (χ4v) is 3.37. The predicted octanol–water partition coefficient (Wildman–Crippen LogP) is 2.70. The monoisotopic (exact) mass is 429 g/mol. The van der Waals surface area contributed by atoms with Gasteiger partial charge in [-0.15, -0.1) is 0 Å². The van der Waals surface area contributed by atoms with Crippen LogP contribution in [0.25, 0.3) is 0 Å². The largest absolute Gasteiger partial charge is 0.416 e. The summed E-state index contributed by atoms with van der Waals surface area (Å²) >= 11 is 0. The van der Waals surface area contributed by atoms with Crippen molar-refractivity contribution in [3.63, 3.8) is 0 Å². The highest BCUT2D eigenvalue weighted by molar-refractivity contribution is 7.95. The zero-order valence-corrected chi connectivity index (χ0v) is 14.7. The van der Waals surface area contributed by atoms with Crippen molar-refractivity contribution in [1.82, 2.24) is 10.4 Å². The number of allylic oxidation sites excluding steroid dienone is 1. The molecule has 1 aliphatic rings. The van der Waals surface area contributed by atoms with Gasteiger partial charge in [0, 0.05) is 19.3 Å². The van der Waals surface area contributed by atoms with E-state index in [1.165, 1.54) is 11.1 Å². The Morgan fingerprint density at radius 3 is 2.00 bits per heavy atom. The van der Waals surface area contributed by atoms with Crippen LogP contribution in [0.5, 0.6) is 0 Å². The summed E-state index contributed by atoms with van der Waals surface area (Å²) in [4.78, 5) is -2.32. The van der Waals surface area contributed by atoms with Crippen LogP contribution in [0.1, 0.15) is 11.1 Å².